The van der Waals surface area contributed by atoms with E-state index in [2.05, 4.69) is 10.4 Å². The molecule has 1 amide bonds. The summed E-state index contributed by atoms with van der Waals surface area (Å²) in [6.45, 7) is 2.40. The van der Waals surface area contributed by atoms with Crippen LogP contribution >= 0.6 is 0 Å². The van der Waals surface area contributed by atoms with Crippen LogP contribution in [0.15, 0.2) is 18.5 Å². The van der Waals surface area contributed by atoms with Gasteiger partial charge >= 0.3 is 0 Å². The lowest BCUT2D eigenvalue weighted by Crippen LogP contribution is -2.50. The highest BCUT2D eigenvalue weighted by molar-refractivity contribution is 5.75. The summed E-state index contributed by atoms with van der Waals surface area (Å²) < 4.78 is 18.2. The molecule has 1 fully saturated rings. The van der Waals surface area contributed by atoms with Gasteiger partial charge in [0.25, 0.3) is 0 Å². The van der Waals surface area contributed by atoms with Crippen LogP contribution < -0.4 is 5.32 Å². The summed E-state index contributed by atoms with van der Waals surface area (Å²) >= 11 is 0. The number of carbonyl (C=O) groups is 1. The van der Waals surface area contributed by atoms with E-state index in [1.165, 1.54) is 0 Å². The number of hydrogen-bond acceptors (Lipinski definition) is 5. The Balaban J connectivity index is 1.68. The number of rotatable bonds is 8. The molecule has 2 heterocycles. The Hall–Kier alpha value is -1.44. The van der Waals surface area contributed by atoms with Crippen molar-refractivity contribution in [2.75, 3.05) is 34.0 Å². The zero-order chi connectivity index (χ0) is 15.8. The fourth-order valence-electron chi connectivity index (χ4n) is 2.72. The molecule has 7 nitrogen and oxygen atoms in total. The molecular formula is C15H25N3O4. The van der Waals surface area contributed by atoms with E-state index in [1.54, 1.807) is 20.4 Å². The number of ether oxygens (including phenoxy) is 3. The van der Waals surface area contributed by atoms with Gasteiger partial charge in [0.05, 0.1) is 19.3 Å². The lowest BCUT2D eigenvalue weighted by molar-refractivity contribution is -0.147. The van der Waals surface area contributed by atoms with Crippen molar-refractivity contribution in [3.05, 3.63) is 18.5 Å². The zero-order valence-corrected chi connectivity index (χ0v) is 13.2. The predicted molar refractivity (Wildman–Crippen MR) is 80.4 cm³/mol. The van der Waals surface area contributed by atoms with Gasteiger partial charge in [-0.25, -0.2) is 0 Å². The van der Waals surface area contributed by atoms with Crippen LogP contribution in [0.25, 0.3) is 0 Å². The Labute approximate surface area is 130 Å². The highest BCUT2D eigenvalue weighted by atomic mass is 16.6. The molecule has 0 saturated carbocycles. The maximum atomic E-state index is 11.9. The molecule has 124 valence electrons. The van der Waals surface area contributed by atoms with Crippen molar-refractivity contribution in [1.29, 1.82) is 0 Å². The Morgan fingerprint density at radius 1 is 1.41 bits per heavy atom. The van der Waals surface area contributed by atoms with E-state index in [-0.39, 0.29) is 24.0 Å². The molecule has 0 radical (unpaired) electrons. The number of aryl methyl sites for hydroxylation is 1. The first kappa shape index (κ1) is 16.9. The smallest absolute Gasteiger partial charge is 0.220 e. The standard InChI is InChI=1S/C15H25N3O4/c1-20-13-11-22-10-12(15(13)21-2)9-16-14(19)5-3-7-18-8-4-6-17-18/h4,6,8,12-13,15H,3,5,7,9-11H2,1-2H3,(H,16,19)/t12-,13-,15+/m1/s1. The van der Waals surface area contributed by atoms with Crippen molar-refractivity contribution >= 4 is 5.91 Å². The summed E-state index contributed by atoms with van der Waals surface area (Å²) in [4.78, 5) is 11.9. The van der Waals surface area contributed by atoms with Gasteiger partial charge in [-0.15, -0.1) is 0 Å². The van der Waals surface area contributed by atoms with Crippen LogP contribution in [0.1, 0.15) is 12.8 Å². The van der Waals surface area contributed by atoms with Crippen molar-refractivity contribution in [1.82, 2.24) is 15.1 Å². The van der Waals surface area contributed by atoms with Gasteiger partial charge in [-0.2, -0.15) is 5.10 Å². The third-order valence-corrected chi connectivity index (χ3v) is 3.93. The van der Waals surface area contributed by atoms with E-state index < -0.39 is 0 Å². The van der Waals surface area contributed by atoms with Crippen LogP contribution in [0.5, 0.6) is 0 Å². The minimum absolute atomic E-state index is 0.0431. The van der Waals surface area contributed by atoms with E-state index in [4.69, 9.17) is 14.2 Å². The number of hydrogen-bond donors (Lipinski definition) is 1. The third-order valence-electron chi connectivity index (χ3n) is 3.93. The monoisotopic (exact) mass is 311 g/mol. The molecule has 22 heavy (non-hydrogen) atoms. The summed E-state index contributed by atoms with van der Waals surface area (Å²) in [5.74, 6) is 0.153. The lowest BCUT2D eigenvalue weighted by Gasteiger charge is -2.36. The highest BCUT2D eigenvalue weighted by Gasteiger charge is 2.34. The first-order valence-electron chi connectivity index (χ1n) is 7.62. The van der Waals surface area contributed by atoms with Crippen LogP contribution in [0, 0.1) is 5.92 Å². The second kappa shape index (κ2) is 8.87. The van der Waals surface area contributed by atoms with Gasteiger partial charge in [0, 0.05) is 52.0 Å². The summed E-state index contributed by atoms with van der Waals surface area (Å²) in [6, 6.07) is 1.88. The highest BCUT2D eigenvalue weighted by Crippen LogP contribution is 2.19. The number of aromatic nitrogens is 2. The maximum absolute atomic E-state index is 11.9. The fraction of sp³-hybridized carbons (Fsp3) is 0.733. The molecule has 2 rings (SSSR count). The molecular weight excluding hydrogens is 286 g/mol. The van der Waals surface area contributed by atoms with Crippen molar-refractivity contribution in [2.24, 2.45) is 5.92 Å². The summed E-state index contributed by atoms with van der Waals surface area (Å²) in [7, 11) is 3.32. The van der Waals surface area contributed by atoms with Crippen LogP contribution in [-0.4, -0.2) is 61.9 Å². The molecule has 0 spiro atoms. The molecule has 0 aliphatic carbocycles. The topological polar surface area (TPSA) is 74.6 Å². The van der Waals surface area contributed by atoms with E-state index in [9.17, 15) is 4.79 Å². The average Bonchev–Trinajstić information content (AvgIpc) is 3.05. The summed E-state index contributed by atoms with van der Waals surface area (Å²) in [6.07, 6.45) is 4.75. The molecule has 1 aromatic rings. The van der Waals surface area contributed by atoms with Crippen LogP contribution in [-0.2, 0) is 25.5 Å². The van der Waals surface area contributed by atoms with Crippen molar-refractivity contribution in [2.45, 2.75) is 31.6 Å². The fourth-order valence-corrected chi connectivity index (χ4v) is 2.72. The van der Waals surface area contributed by atoms with Gasteiger partial charge in [0.1, 0.15) is 6.10 Å². The molecule has 0 aromatic carbocycles. The first-order chi connectivity index (χ1) is 10.7. The molecule has 1 N–H and O–H groups in total. The Kier molecular flexibility index (Phi) is 6.82. The van der Waals surface area contributed by atoms with E-state index >= 15 is 0 Å². The van der Waals surface area contributed by atoms with E-state index in [0.717, 1.165) is 13.0 Å². The largest absolute Gasteiger partial charge is 0.378 e. The number of amides is 1. The molecule has 0 unspecified atom stereocenters. The van der Waals surface area contributed by atoms with Crippen LogP contribution in [0.2, 0.25) is 0 Å². The van der Waals surface area contributed by atoms with E-state index in [0.29, 0.717) is 26.2 Å². The molecule has 0 bridgehead atoms. The van der Waals surface area contributed by atoms with Crippen molar-refractivity contribution < 1.29 is 19.0 Å². The Morgan fingerprint density at radius 3 is 2.95 bits per heavy atom. The summed E-state index contributed by atoms with van der Waals surface area (Å²) in [5.41, 5.74) is 0. The first-order valence-corrected chi connectivity index (χ1v) is 7.62. The minimum Gasteiger partial charge on any atom is -0.378 e. The normalized spacial score (nSPS) is 25.1. The predicted octanol–water partition coefficient (Wildman–Crippen LogP) is 0.456. The van der Waals surface area contributed by atoms with Gasteiger partial charge in [-0.05, 0) is 12.5 Å². The maximum Gasteiger partial charge on any atom is 0.220 e. The SMILES string of the molecule is CO[C@H]1[C@H](CNC(=O)CCCn2cccn2)COC[C@H]1OC. The molecule has 1 saturated heterocycles. The number of nitrogens with one attached hydrogen (secondary N) is 1. The number of nitrogens with zero attached hydrogens (tertiary/aromatic N) is 2. The number of methoxy groups -OCH3 is 2. The Bertz CT molecular complexity index is 438. The van der Waals surface area contributed by atoms with Gasteiger partial charge in [0.15, 0.2) is 0 Å². The molecule has 7 heteroatoms. The van der Waals surface area contributed by atoms with E-state index in [1.807, 2.05) is 16.9 Å². The van der Waals surface area contributed by atoms with Crippen LogP contribution in [0.3, 0.4) is 0 Å². The molecule has 3 atom stereocenters. The average molecular weight is 311 g/mol. The van der Waals surface area contributed by atoms with Gasteiger partial charge in [-0.3, -0.25) is 9.48 Å². The molecule has 1 aromatic heterocycles. The number of carbonyl (C=O) groups excluding carboxylic acids is 1. The van der Waals surface area contributed by atoms with Crippen molar-refractivity contribution in [3.8, 4) is 0 Å². The van der Waals surface area contributed by atoms with Crippen molar-refractivity contribution in [3.63, 3.8) is 0 Å². The summed E-state index contributed by atoms with van der Waals surface area (Å²) in [5, 5.41) is 7.07. The quantitative estimate of drug-likeness (QED) is 0.755. The Morgan fingerprint density at radius 2 is 2.27 bits per heavy atom. The lowest BCUT2D eigenvalue weighted by atomic mass is 9.96. The third kappa shape index (κ3) is 4.79. The molecule has 1 aliphatic heterocycles. The minimum atomic E-state index is -0.0829. The van der Waals surface area contributed by atoms with Crippen LogP contribution in [0.4, 0.5) is 0 Å². The molecule has 1 aliphatic rings. The second-order valence-corrected chi connectivity index (χ2v) is 5.45. The van der Waals surface area contributed by atoms with Gasteiger partial charge in [-0.1, -0.05) is 0 Å². The zero-order valence-electron chi connectivity index (χ0n) is 13.2. The second-order valence-electron chi connectivity index (χ2n) is 5.45. The van der Waals surface area contributed by atoms with Gasteiger partial charge in [0.2, 0.25) is 5.91 Å². The van der Waals surface area contributed by atoms with Gasteiger partial charge < -0.3 is 19.5 Å².